The summed E-state index contributed by atoms with van der Waals surface area (Å²) < 4.78 is 4.98. The van der Waals surface area contributed by atoms with Gasteiger partial charge >= 0.3 is 5.97 Å². The van der Waals surface area contributed by atoms with Crippen LogP contribution in [-0.4, -0.2) is 12.6 Å². The van der Waals surface area contributed by atoms with Gasteiger partial charge in [-0.3, -0.25) is 4.79 Å². The summed E-state index contributed by atoms with van der Waals surface area (Å²) in [5, 5.41) is 0. The molecule has 0 fully saturated rings. The predicted molar refractivity (Wildman–Crippen MR) is 58.9 cm³/mol. The van der Waals surface area contributed by atoms with Crippen molar-refractivity contribution < 1.29 is 9.53 Å². The van der Waals surface area contributed by atoms with Gasteiger partial charge in [-0.05, 0) is 5.92 Å². The van der Waals surface area contributed by atoms with Crippen molar-refractivity contribution >= 4 is 5.97 Å². The molecule has 0 amide bonds. The molecule has 0 saturated carbocycles. The highest BCUT2D eigenvalue weighted by atomic mass is 16.5. The van der Waals surface area contributed by atoms with E-state index in [0.29, 0.717) is 18.9 Å². The molecule has 0 aliphatic rings. The lowest BCUT2D eigenvalue weighted by atomic mass is 10.2. The molecule has 0 atom stereocenters. The van der Waals surface area contributed by atoms with E-state index in [1.54, 1.807) is 24.3 Å². The van der Waals surface area contributed by atoms with Crippen molar-refractivity contribution in [1.82, 2.24) is 0 Å². The summed E-state index contributed by atoms with van der Waals surface area (Å²) in [4.78, 5) is 11.1. The summed E-state index contributed by atoms with van der Waals surface area (Å²) in [6.07, 6.45) is 9.20. The quantitative estimate of drug-likeness (QED) is 0.480. The van der Waals surface area contributed by atoms with Crippen LogP contribution in [0.1, 0.15) is 20.3 Å². The zero-order valence-electron chi connectivity index (χ0n) is 8.90. The number of carbonyl (C=O) groups excluding carboxylic acids is 1. The molecule has 0 aliphatic carbocycles. The maximum absolute atomic E-state index is 11.1. The van der Waals surface area contributed by atoms with Gasteiger partial charge in [0.15, 0.2) is 0 Å². The van der Waals surface area contributed by atoms with Crippen LogP contribution in [0.5, 0.6) is 0 Å². The second-order valence-corrected chi connectivity index (χ2v) is 3.33. The van der Waals surface area contributed by atoms with E-state index in [4.69, 9.17) is 4.74 Å². The predicted octanol–water partition coefficient (Wildman–Crippen LogP) is 2.87. The van der Waals surface area contributed by atoms with Crippen LogP contribution in [0.4, 0.5) is 0 Å². The van der Waals surface area contributed by atoms with Crippen molar-refractivity contribution in [2.75, 3.05) is 6.61 Å². The molecular formula is C12H18O2. The molecule has 2 nitrogen and oxygen atoms in total. The number of allylic oxidation sites excluding steroid dienone is 4. The third kappa shape index (κ3) is 8.78. The second-order valence-electron chi connectivity index (χ2n) is 3.33. The van der Waals surface area contributed by atoms with Crippen LogP contribution >= 0.6 is 0 Å². The van der Waals surface area contributed by atoms with Crippen molar-refractivity contribution in [2.45, 2.75) is 20.3 Å². The molecule has 0 spiro atoms. The molecule has 2 heteroatoms. The van der Waals surface area contributed by atoms with Gasteiger partial charge < -0.3 is 4.74 Å². The summed E-state index contributed by atoms with van der Waals surface area (Å²) >= 11 is 0. The smallest absolute Gasteiger partial charge is 0.309 e. The Hall–Kier alpha value is -1.31. The number of esters is 1. The van der Waals surface area contributed by atoms with Crippen molar-refractivity contribution in [3.63, 3.8) is 0 Å². The van der Waals surface area contributed by atoms with Gasteiger partial charge in [-0.15, -0.1) is 0 Å². The lowest BCUT2D eigenvalue weighted by Crippen LogP contribution is -2.08. The molecule has 14 heavy (non-hydrogen) atoms. The number of hydrogen-bond acceptors (Lipinski definition) is 2. The van der Waals surface area contributed by atoms with Crippen molar-refractivity contribution in [2.24, 2.45) is 5.92 Å². The number of rotatable bonds is 6. The van der Waals surface area contributed by atoms with Crippen LogP contribution in [0.15, 0.2) is 37.0 Å². The molecule has 0 N–H and O–H groups in total. The van der Waals surface area contributed by atoms with Crippen LogP contribution in [0.3, 0.4) is 0 Å². The molecule has 0 heterocycles. The Morgan fingerprint density at radius 2 is 2.07 bits per heavy atom. The maximum Gasteiger partial charge on any atom is 0.309 e. The Labute approximate surface area is 86.0 Å². The minimum atomic E-state index is -0.179. The fraction of sp³-hybridized carbons (Fsp3) is 0.417. The highest BCUT2D eigenvalue weighted by Gasteiger charge is 2.00. The first-order chi connectivity index (χ1) is 6.66. The maximum atomic E-state index is 11.1. The van der Waals surface area contributed by atoms with E-state index >= 15 is 0 Å². The van der Waals surface area contributed by atoms with Crippen molar-refractivity contribution in [1.29, 1.82) is 0 Å². The standard InChI is InChI=1S/C12H18O2/c1-4-5-6-7-8-9-12(13)14-10-11(2)3/h4-8,11H,1,9-10H2,2-3H3. The summed E-state index contributed by atoms with van der Waals surface area (Å²) in [6, 6.07) is 0. The van der Waals surface area contributed by atoms with E-state index < -0.39 is 0 Å². The summed E-state index contributed by atoms with van der Waals surface area (Å²) in [5.74, 6) is 0.213. The molecule has 0 rings (SSSR count). The van der Waals surface area contributed by atoms with Crippen LogP contribution in [0.2, 0.25) is 0 Å². The Balaban J connectivity index is 3.58. The van der Waals surface area contributed by atoms with Crippen LogP contribution in [0, 0.1) is 5.92 Å². The Morgan fingerprint density at radius 3 is 2.64 bits per heavy atom. The summed E-state index contributed by atoms with van der Waals surface area (Å²) in [7, 11) is 0. The molecule has 0 radical (unpaired) electrons. The van der Waals surface area contributed by atoms with Crippen molar-refractivity contribution in [3.8, 4) is 0 Å². The molecule has 0 aromatic heterocycles. The first-order valence-corrected chi connectivity index (χ1v) is 4.76. The van der Waals surface area contributed by atoms with Gasteiger partial charge in [-0.25, -0.2) is 0 Å². The minimum absolute atomic E-state index is 0.179. The normalized spacial score (nSPS) is 11.4. The minimum Gasteiger partial charge on any atom is -0.465 e. The van der Waals surface area contributed by atoms with E-state index in [1.165, 1.54) is 0 Å². The number of carbonyl (C=O) groups is 1. The van der Waals surface area contributed by atoms with E-state index in [9.17, 15) is 4.79 Å². The van der Waals surface area contributed by atoms with Crippen LogP contribution < -0.4 is 0 Å². The summed E-state index contributed by atoms with van der Waals surface area (Å²) in [6.45, 7) is 8.04. The number of ether oxygens (including phenoxy) is 1. The molecule has 0 unspecified atom stereocenters. The molecule has 0 aliphatic heterocycles. The van der Waals surface area contributed by atoms with E-state index in [0.717, 1.165) is 0 Å². The van der Waals surface area contributed by atoms with E-state index in [-0.39, 0.29) is 5.97 Å². The van der Waals surface area contributed by atoms with Gasteiger partial charge in [0.2, 0.25) is 0 Å². The Morgan fingerprint density at radius 1 is 1.36 bits per heavy atom. The molecule has 0 bridgehead atoms. The summed E-state index contributed by atoms with van der Waals surface area (Å²) in [5.41, 5.74) is 0. The van der Waals surface area contributed by atoms with Crippen LogP contribution in [0.25, 0.3) is 0 Å². The third-order valence-corrected chi connectivity index (χ3v) is 1.36. The highest BCUT2D eigenvalue weighted by molar-refractivity contribution is 5.71. The van der Waals surface area contributed by atoms with E-state index in [1.807, 2.05) is 19.9 Å². The first kappa shape index (κ1) is 12.7. The number of hydrogen-bond donors (Lipinski definition) is 0. The molecule has 0 aromatic rings. The molecular weight excluding hydrogens is 176 g/mol. The second kappa shape index (κ2) is 8.30. The van der Waals surface area contributed by atoms with E-state index in [2.05, 4.69) is 6.58 Å². The molecule has 78 valence electrons. The van der Waals surface area contributed by atoms with Crippen molar-refractivity contribution in [3.05, 3.63) is 37.0 Å². The highest BCUT2D eigenvalue weighted by Crippen LogP contribution is 1.95. The zero-order valence-corrected chi connectivity index (χ0v) is 8.90. The molecule has 0 aromatic carbocycles. The third-order valence-electron chi connectivity index (χ3n) is 1.36. The lowest BCUT2D eigenvalue weighted by molar-refractivity contribution is -0.143. The van der Waals surface area contributed by atoms with Gasteiger partial charge in [0.25, 0.3) is 0 Å². The van der Waals surface area contributed by atoms with Gasteiger partial charge in [-0.2, -0.15) is 0 Å². The average Bonchev–Trinajstić information content (AvgIpc) is 2.14. The SMILES string of the molecule is C=CC=CC=CCC(=O)OCC(C)C. The monoisotopic (exact) mass is 194 g/mol. The van der Waals surface area contributed by atoms with Gasteiger partial charge in [0.05, 0.1) is 13.0 Å². The Kier molecular flexibility index (Phi) is 7.52. The van der Waals surface area contributed by atoms with Gasteiger partial charge in [-0.1, -0.05) is 50.8 Å². The average molecular weight is 194 g/mol. The Bertz CT molecular complexity index is 224. The first-order valence-electron chi connectivity index (χ1n) is 4.76. The fourth-order valence-electron chi connectivity index (χ4n) is 0.704. The fourth-order valence-corrected chi connectivity index (χ4v) is 0.704. The van der Waals surface area contributed by atoms with Crippen LogP contribution in [-0.2, 0) is 9.53 Å². The lowest BCUT2D eigenvalue weighted by Gasteiger charge is -2.04. The molecule has 0 saturated heterocycles. The van der Waals surface area contributed by atoms with Gasteiger partial charge in [0, 0.05) is 0 Å². The topological polar surface area (TPSA) is 26.3 Å². The largest absolute Gasteiger partial charge is 0.465 e. The zero-order chi connectivity index (χ0) is 10.8. The van der Waals surface area contributed by atoms with Gasteiger partial charge in [0.1, 0.15) is 0 Å².